The van der Waals surface area contributed by atoms with E-state index >= 15 is 0 Å². The Hall–Kier alpha value is -13.7. The van der Waals surface area contributed by atoms with Crippen LogP contribution in [0, 0.1) is 118 Å². The number of hydrogen-bond donors (Lipinski definition) is 0. The molecule has 0 N–H and O–H groups in total. The summed E-state index contributed by atoms with van der Waals surface area (Å²) in [6.45, 7) is 22.4. The van der Waals surface area contributed by atoms with E-state index in [1.54, 1.807) is 7.11 Å². The molecule has 15 rings (SSSR count). The Morgan fingerprint density at radius 3 is 0.540 bits per heavy atom. The monoisotopic (exact) mass is 2020 g/mol. The fraction of sp³-hybridized carbons (Fsp3) is 0.444. The van der Waals surface area contributed by atoms with Gasteiger partial charge in [-0.3, -0.25) is 24.0 Å². The van der Waals surface area contributed by atoms with E-state index in [0.29, 0.717) is 35.4 Å². The van der Waals surface area contributed by atoms with E-state index < -0.39 is 0 Å². The lowest BCUT2D eigenvalue weighted by Gasteiger charge is -2.26. The highest BCUT2D eigenvalue weighted by molar-refractivity contribution is 5.78. The zero-order valence-corrected chi connectivity index (χ0v) is 90.8. The molecule has 5 fully saturated rings. The minimum atomic E-state index is -0.0907. The first-order valence-corrected chi connectivity index (χ1v) is 56.1. The molecule has 10 aromatic rings. The lowest BCUT2D eigenvalue weighted by atomic mass is 9.80. The summed E-state index contributed by atoms with van der Waals surface area (Å²) in [5, 5.41) is 0. The van der Waals surface area contributed by atoms with Gasteiger partial charge in [-0.25, -0.2) is 0 Å². The summed E-state index contributed by atoms with van der Waals surface area (Å²) in [5.74, 6) is 42.5. The predicted molar refractivity (Wildman–Crippen MR) is 603 cm³/mol. The fourth-order valence-electron chi connectivity index (χ4n) is 19.7. The van der Waals surface area contributed by atoms with Crippen LogP contribution in [0.15, 0.2) is 243 Å². The molecular weight excluding hydrogens is 1860 g/mol. The summed E-state index contributed by atoms with van der Waals surface area (Å²) in [4.78, 5) is 62.3. The molecule has 0 spiro atoms. The molecule has 0 unspecified atom stereocenters. The zero-order valence-electron chi connectivity index (χ0n) is 90.8. The van der Waals surface area contributed by atoms with Crippen molar-refractivity contribution in [1.29, 1.82) is 0 Å². The summed E-state index contributed by atoms with van der Waals surface area (Å²) in [7, 11) is 1.65. The summed E-state index contributed by atoms with van der Waals surface area (Å²) >= 11 is 0. The average molecular weight is 2020 g/mol. The molecule has 0 heterocycles. The van der Waals surface area contributed by atoms with Crippen LogP contribution in [0.4, 0.5) is 0 Å². The van der Waals surface area contributed by atoms with Gasteiger partial charge in [-0.05, 0) is 427 Å². The van der Waals surface area contributed by atoms with Gasteiger partial charge in [0.1, 0.15) is 57.5 Å². The lowest BCUT2D eigenvalue weighted by Crippen LogP contribution is -2.25. The third kappa shape index (κ3) is 42.8. The molecule has 10 aromatic carbocycles. The molecule has 790 valence electrons. The molecule has 0 radical (unpaired) electrons. The number of benzene rings is 10. The molecule has 0 amide bonds. The second kappa shape index (κ2) is 66.7. The van der Waals surface area contributed by atoms with Crippen molar-refractivity contribution in [3.05, 3.63) is 298 Å². The van der Waals surface area contributed by atoms with Crippen molar-refractivity contribution in [3.8, 4) is 117 Å². The van der Waals surface area contributed by atoms with E-state index in [0.717, 1.165) is 288 Å². The highest BCUT2D eigenvalue weighted by Gasteiger charge is 2.33. The first kappa shape index (κ1) is 117. The topological polar surface area (TPSA) is 178 Å². The Bertz CT molecular complexity index is 5970. The minimum absolute atomic E-state index is 0.0428. The van der Waals surface area contributed by atoms with Gasteiger partial charge in [-0.2, -0.15) is 0 Å². The summed E-state index contributed by atoms with van der Waals surface area (Å²) in [5.41, 5.74) is 9.13. The molecule has 5 aliphatic carbocycles. The first-order chi connectivity index (χ1) is 73.4. The Kier molecular flexibility index (Phi) is 51.9. The molecule has 15 heteroatoms. The number of unbranched alkanes of at least 4 members (excludes halogenated alkanes) is 3. The molecule has 0 bridgehead atoms. The average Bonchev–Trinajstić information content (AvgIpc) is 0.870. The quantitative estimate of drug-likeness (QED) is 0.0158. The van der Waals surface area contributed by atoms with E-state index in [4.69, 9.17) is 47.4 Å². The van der Waals surface area contributed by atoms with Gasteiger partial charge in [0.05, 0.1) is 63.1 Å². The molecule has 150 heavy (non-hydrogen) atoms. The van der Waals surface area contributed by atoms with Gasteiger partial charge < -0.3 is 47.4 Å². The molecule has 15 nitrogen and oxygen atoms in total. The highest BCUT2D eigenvalue weighted by atomic mass is 16.6. The van der Waals surface area contributed by atoms with Crippen LogP contribution in [-0.2, 0) is 24.0 Å². The van der Waals surface area contributed by atoms with Crippen LogP contribution in [-0.4, -0.2) is 63.4 Å². The molecular formula is C135H160O15. The molecule has 0 atom stereocenters. The number of carbonyl (C=O) groups excluding carboxylic acids is 5. The van der Waals surface area contributed by atoms with Gasteiger partial charge in [0.25, 0.3) is 0 Å². The van der Waals surface area contributed by atoms with Crippen molar-refractivity contribution >= 4 is 29.8 Å². The maximum absolute atomic E-state index is 12.5. The van der Waals surface area contributed by atoms with E-state index in [2.05, 4.69) is 115 Å². The van der Waals surface area contributed by atoms with Crippen LogP contribution in [0.5, 0.6) is 57.5 Å². The van der Waals surface area contributed by atoms with E-state index in [9.17, 15) is 24.0 Å². The van der Waals surface area contributed by atoms with Gasteiger partial charge in [-0.1, -0.05) is 198 Å². The van der Waals surface area contributed by atoms with Gasteiger partial charge in [-0.15, -0.1) is 0 Å². The summed E-state index contributed by atoms with van der Waals surface area (Å²) in [6, 6.07) is 76.1. The molecule has 0 aliphatic heterocycles. The van der Waals surface area contributed by atoms with Gasteiger partial charge in [0.15, 0.2) is 0 Å². The maximum atomic E-state index is 12.5. The van der Waals surface area contributed by atoms with Crippen LogP contribution < -0.4 is 47.4 Å². The third-order valence-electron chi connectivity index (χ3n) is 28.6. The van der Waals surface area contributed by atoms with E-state index in [1.165, 1.54) is 77.0 Å². The fourth-order valence-corrected chi connectivity index (χ4v) is 19.7. The number of carbonyl (C=O) groups is 5. The Morgan fingerprint density at radius 2 is 0.367 bits per heavy atom. The maximum Gasteiger partial charge on any atom is 0.314 e. The number of rotatable bonds is 35. The zero-order chi connectivity index (χ0) is 106. The van der Waals surface area contributed by atoms with Crippen molar-refractivity contribution in [2.75, 3.05) is 33.5 Å². The van der Waals surface area contributed by atoms with Crippen LogP contribution in [0.2, 0.25) is 0 Å². The number of esters is 5. The SMILES string of the molecule is CCCC1CCC(C(=O)Oc2ccc(C#Cc3ccc(OC)cc3)cc2)CC1.CCCC1CCC(C(=O)Oc2ccc(C#Cc3ccc(OCC)cc3)cc2)CC1.CCCCCOc1ccc(C#Cc2ccc(OC(=O)C3CCC(CCC)CC3)cc2)cc1.CCCCOc1ccc(C#Cc2ccc(OC(=O)C3CCC(CCC)CC3)cc2)cc1.CCCOc1ccc(C#Cc2ccc(OC(=O)C3CCC(CCC)CC3)cc2)cc1. The van der Waals surface area contributed by atoms with Crippen LogP contribution in [0.3, 0.4) is 0 Å². The second-order valence-corrected chi connectivity index (χ2v) is 40.4. The van der Waals surface area contributed by atoms with Crippen LogP contribution in [0.1, 0.15) is 349 Å². The molecule has 0 saturated heterocycles. The third-order valence-corrected chi connectivity index (χ3v) is 28.6. The standard InChI is InChI=1S/C29H36O3.C28H34O3.C27H32O3.C26H30O3.C25H28O3/c1-3-5-6-22-31-27-18-12-24(13-19-27)8-9-25-14-20-28(21-15-25)32-29(30)26-16-10-23(7-4-2)11-17-26;1-3-5-21-30-26-17-11-23(12-18-26)7-8-24-13-19-27(20-14-24)31-28(29)25-15-9-22(6-4-2)10-16-25;1-3-5-21-8-14-24(15-9-21)27(28)30-26-18-12-23(13-19-26)7-6-22-10-16-25(17-11-22)29-20-4-2;1-3-5-20-8-14-23(15-9-20)26(27)29-25-18-12-22(13-19-25)7-6-21-10-16-24(17-11-21)28-4-2;1-3-4-19-7-13-22(14-8-19)25(26)28-24-17-11-21(12-18-24)6-5-20-9-15-23(27-2)16-10-20/h12-15,18-21,23,26H,3-7,10-11,16-17,22H2,1-2H3;11-14,17-20,22,25H,3-6,9-10,15-16,21H2,1-2H3;10-13,16-19,21,24H,3-5,8-9,14-15,20H2,1-2H3;10-13,16-20,23H,3-5,8-9,14-15H2,1-2H3;9-12,15-19,22H,3-4,7-8,13-14H2,1-2H3. The van der Waals surface area contributed by atoms with Crippen molar-refractivity contribution < 1.29 is 71.3 Å². The van der Waals surface area contributed by atoms with Gasteiger partial charge in [0, 0.05) is 55.6 Å². The Balaban J connectivity index is 0.000000178. The van der Waals surface area contributed by atoms with Gasteiger partial charge >= 0.3 is 29.8 Å². The van der Waals surface area contributed by atoms with E-state index in [1.807, 2.05) is 250 Å². The predicted octanol–water partition coefficient (Wildman–Crippen LogP) is 31.9. The Morgan fingerprint density at radius 1 is 0.193 bits per heavy atom. The highest BCUT2D eigenvalue weighted by Crippen LogP contribution is 2.39. The first-order valence-electron chi connectivity index (χ1n) is 56.1. The number of hydrogen-bond acceptors (Lipinski definition) is 15. The van der Waals surface area contributed by atoms with Crippen LogP contribution in [0.25, 0.3) is 0 Å². The Labute approximate surface area is 896 Å². The van der Waals surface area contributed by atoms with Gasteiger partial charge in [0.2, 0.25) is 0 Å². The normalized spacial score (nSPS) is 18.2. The molecule has 5 saturated carbocycles. The summed E-state index contributed by atoms with van der Waals surface area (Å²) < 4.78 is 55.6. The smallest absolute Gasteiger partial charge is 0.314 e. The van der Waals surface area contributed by atoms with E-state index in [-0.39, 0.29) is 59.4 Å². The molecule has 0 aromatic heterocycles. The van der Waals surface area contributed by atoms with Crippen molar-refractivity contribution in [3.63, 3.8) is 0 Å². The van der Waals surface area contributed by atoms with Crippen molar-refractivity contribution in [2.24, 2.45) is 59.2 Å². The van der Waals surface area contributed by atoms with Crippen molar-refractivity contribution in [1.82, 2.24) is 0 Å². The number of methoxy groups -OCH3 is 1. The lowest BCUT2D eigenvalue weighted by molar-refractivity contribution is -0.141. The second-order valence-electron chi connectivity index (χ2n) is 40.4. The summed E-state index contributed by atoms with van der Waals surface area (Å²) in [6.07, 6.45) is 40.2. The van der Waals surface area contributed by atoms with Crippen LogP contribution >= 0.6 is 0 Å². The number of ether oxygens (including phenoxy) is 10. The largest absolute Gasteiger partial charge is 0.497 e. The van der Waals surface area contributed by atoms with Crippen molar-refractivity contribution in [2.45, 2.75) is 293 Å². The minimum Gasteiger partial charge on any atom is -0.497 e. The molecule has 5 aliphatic rings.